The Bertz CT molecular complexity index is 1450. The van der Waals surface area contributed by atoms with E-state index in [1.54, 1.807) is 15.6 Å². The van der Waals surface area contributed by atoms with E-state index in [4.69, 9.17) is 9.47 Å². The van der Waals surface area contributed by atoms with Gasteiger partial charge in [-0.1, -0.05) is 24.3 Å². The Morgan fingerprint density at radius 3 is 2.78 bits per heavy atom. The Labute approximate surface area is 215 Å². The standard InChI is InChI=1S/C26H23F2N3O5S/c27-18-6-5-15-17(22(18)28)14-37-20-4-2-1-3-16(20)23(15)31-21-13-35-11-9-29(21)26(34)24-25(36-12-10-32)19(33)7-8-30(24)31/h1-8,21,23,32H,9-14H2/t21-,23+/m1/s1. The maximum atomic E-state index is 15.2. The first-order chi connectivity index (χ1) is 18.0. The van der Waals surface area contributed by atoms with Crippen molar-refractivity contribution in [3.8, 4) is 5.75 Å². The minimum absolute atomic E-state index is 0.0117. The lowest BCUT2D eigenvalue weighted by Gasteiger charge is -2.51. The zero-order valence-electron chi connectivity index (χ0n) is 19.6. The van der Waals surface area contributed by atoms with Gasteiger partial charge in [-0.15, -0.1) is 11.8 Å². The first kappa shape index (κ1) is 24.0. The van der Waals surface area contributed by atoms with Gasteiger partial charge >= 0.3 is 0 Å². The van der Waals surface area contributed by atoms with Crippen LogP contribution in [0.2, 0.25) is 0 Å². The number of nitrogens with zero attached hydrogens (tertiary/aromatic N) is 3. The summed E-state index contributed by atoms with van der Waals surface area (Å²) in [5.74, 6) is -2.18. The van der Waals surface area contributed by atoms with Crippen molar-refractivity contribution in [2.24, 2.45) is 0 Å². The van der Waals surface area contributed by atoms with Crippen LogP contribution in [0.3, 0.4) is 0 Å². The molecular weight excluding hydrogens is 504 g/mol. The van der Waals surface area contributed by atoms with Gasteiger partial charge in [-0.25, -0.2) is 8.78 Å². The summed E-state index contributed by atoms with van der Waals surface area (Å²) in [7, 11) is 0. The third kappa shape index (κ3) is 3.80. The van der Waals surface area contributed by atoms with E-state index in [0.717, 1.165) is 16.5 Å². The molecule has 0 unspecified atom stereocenters. The van der Waals surface area contributed by atoms with Gasteiger partial charge in [0.1, 0.15) is 12.8 Å². The van der Waals surface area contributed by atoms with Gasteiger partial charge in [-0.3, -0.25) is 19.3 Å². The van der Waals surface area contributed by atoms with Gasteiger partial charge in [0.05, 0.1) is 25.9 Å². The van der Waals surface area contributed by atoms with Crippen molar-refractivity contribution < 1.29 is 28.2 Å². The molecule has 3 aromatic rings. The Morgan fingerprint density at radius 2 is 1.95 bits per heavy atom. The van der Waals surface area contributed by atoms with Gasteiger partial charge in [0.25, 0.3) is 5.91 Å². The second-order valence-corrected chi connectivity index (χ2v) is 9.88. The number of morpholine rings is 1. The number of aromatic nitrogens is 1. The average Bonchev–Trinajstić information content (AvgIpc) is 3.08. The number of halogens is 2. The number of rotatable bonds is 4. The number of aliphatic hydroxyl groups excluding tert-OH is 1. The van der Waals surface area contributed by atoms with Gasteiger partial charge in [0, 0.05) is 35.0 Å². The van der Waals surface area contributed by atoms with Gasteiger partial charge in [-0.05, 0) is 23.3 Å². The molecule has 1 saturated heterocycles. The summed E-state index contributed by atoms with van der Waals surface area (Å²) in [5.41, 5.74) is 1.16. The summed E-state index contributed by atoms with van der Waals surface area (Å²) in [5, 5.41) is 11.2. The number of aliphatic hydroxyl groups is 1. The fourth-order valence-electron chi connectivity index (χ4n) is 5.26. The molecule has 1 aromatic heterocycles. The van der Waals surface area contributed by atoms with E-state index in [9.17, 15) is 19.1 Å². The predicted octanol–water partition coefficient (Wildman–Crippen LogP) is 2.64. The molecule has 1 amide bonds. The Hall–Kier alpha value is -3.41. The average molecular weight is 528 g/mol. The lowest BCUT2D eigenvalue weighted by atomic mass is 9.93. The lowest BCUT2D eigenvalue weighted by Crippen LogP contribution is -2.66. The molecule has 6 rings (SSSR count). The number of thioether (sulfide) groups is 1. The van der Waals surface area contributed by atoms with Crippen LogP contribution in [0.25, 0.3) is 0 Å². The maximum absolute atomic E-state index is 15.2. The Balaban J connectivity index is 1.65. The molecule has 3 aliphatic heterocycles. The van der Waals surface area contributed by atoms with Crippen LogP contribution in [-0.4, -0.2) is 59.7 Å². The monoisotopic (exact) mass is 527 g/mol. The topological polar surface area (TPSA) is 84.2 Å². The molecule has 3 aliphatic rings. The van der Waals surface area contributed by atoms with Crippen LogP contribution >= 0.6 is 11.8 Å². The maximum Gasteiger partial charge on any atom is 0.278 e. The summed E-state index contributed by atoms with van der Waals surface area (Å²) in [6.07, 6.45) is 0.900. The second-order valence-electron chi connectivity index (χ2n) is 8.87. The number of hydrogen-bond acceptors (Lipinski definition) is 7. The number of carbonyl (C=O) groups is 1. The van der Waals surface area contributed by atoms with Gasteiger partial charge in [0.2, 0.25) is 5.43 Å². The highest BCUT2D eigenvalue weighted by Crippen LogP contribution is 2.45. The highest BCUT2D eigenvalue weighted by molar-refractivity contribution is 7.98. The van der Waals surface area contributed by atoms with E-state index >= 15 is 4.39 Å². The number of pyridine rings is 1. The minimum atomic E-state index is -0.927. The highest BCUT2D eigenvalue weighted by atomic mass is 32.2. The Kier molecular flexibility index (Phi) is 6.13. The molecule has 8 nitrogen and oxygen atoms in total. The highest BCUT2D eigenvalue weighted by Gasteiger charge is 2.46. The molecule has 0 aliphatic carbocycles. The number of benzene rings is 2. The molecule has 0 saturated carbocycles. The van der Waals surface area contributed by atoms with Crippen molar-refractivity contribution >= 4 is 17.7 Å². The summed E-state index contributed by atoms with van der Waals surface area (Å²) in [6, 6.07) is 11.0. The van der Waals surface area contributed by atoms with E-state index < -0.39 is 35.2 Å². The van der Waals surface area contributed by atoms with Gasteiger partial charge in [0.15, 0.2) is 23.1 Å². The van der Waals surface area contributed by atoms with E-state index in [-0.39, 0.29) is 49.1 Å². The fraction of sp³-hybridized carbons (Fsp3) is 0.308. The van der Waals surface area contributed by atoms with Crippen molar-refractivity contribution in [1.82, 2.24) is 9.58 Å². The molecule has 2 atom stereocenters. The van der Waals surface area contributed by atoms with Crippen LogP contribution in [0.15, 0.2) is 58.4 Å². The largest absolute Gasteiger partial charge is 0.485 e. The van der Waals surface area contributed by atoms with E-state index in [0.29, 0.717) is 12.2 Å². The van der Waals surface area contributed by atoms with E-state index in [2.05, 4.69) is 0 Å². The van der Waals surface area contributed by atoms with Gasteiger partial charge in [-0.2, -0.15) is 0 Å². The molecule has 1 fully saturated rings. The molecule has 0 spiro atoms. The van der Waals surface area contributed by atoms with Gasteiger partial charge < -0.3 is 19.5 Å². The number of amides is 1. The van der Waals surface area contributed by atoms with Crippen molar-refractivity contribution in [2.45, 2.75) is 22.9 Å². The third-order valence-electron chi connectivity index (χ3n) is 6.87. The van der Waals surface area contributed by atoms with Crippen molar-refractivity contribution in [3.63, 3.8) is 0 Å². The van der Waals surface area contributed by atoms with Crippen molar-refractivity contribution in [2.75, 3.05) is 38.0 Å². The molecule has 0 radical (unpaired) electrons. The summed E-state index contributed by atoms with van der Waals surface area (Å²) < 4.78 is 42.5. The molecule has 0 bridgehead atoms. The second kappa shape index (κ2) is 9.47. The van der Waals surface area contributed by atoms with Crippen LogP contribution in [0, 0.1) is 11.6 Å². The quantitative estimate of drug-likeness (QED) is 0.559. The summed E-state index contributed by atoms with van der Waals surface area (Å²) in [6.45, 7) is 0.262. The van der Waals surface area contributed by atoms with Crippen LogP contribution in [0.5, 0.6) is 5.75 Å². The number of hydrogen-bond donors (Lipinski definition) is 1. The molecule has 11 heteroatoms. The number of carbonyl (C=O) groups excluding carboxylic acids is 1. The van der Waals surface area contributed by atoms with Crippen LogP contribution in [-0.2, 0) is 10.5 Å². The molecule has 1 N–H and O–H groups in total. The molecule has 2 aromatic carbocycles. The molecule has 192 valence electrons. The van der Waals surface area contributed by atoms with Crippen molar-refractivity contribution in [3.05, 3.63) is 92.9 Å². The zero-order chi connectivity index (χ0) is 25.7. The third-order valence-corrected chi connectivity index (χ3v) is 7.99. The summed E-state index contributed by atoms with van der Waals surface area (Å²) >= 11 is 1.41. The fourth-order valence-corrected chi connectivity index (χ4v) is 6.37. The Morgan fingerprint density at radius 1 is 1.11 bits per heavy atom. The normalized spacial score (nSPS) is 20.5. The predicted molar refractivity (Wildman–Crippen MR) is 131 cm³/mol. The molecule has 4 heterocycles. The minimum Gasteiger partial charge on any atom is -0.485 e. The lowest BCUT2D eigenvalue weighted by molar-refractivity contribution is -0.0199. The zero-order valence-corrected chi connectivity index (χ0v) is 20.4. The van der Waals surface area contributed by atoms with Crippen LogP contribution in [0.1, 0.15) is 33.2 Å². The van der Waals surface area contributed by atoms with Crippen LogP contribution in [0.4, 0.5) is 8.78 Å². The SMILES string of the molecule is O=C1c2c(OCCO)c(=O)ccn2N([C@@H]2c3ccccc3SCc3c2ccc(F)c3F)[C@@H]2COCCN12. The van der Waals surface area contributed by atoms with Crippen molar-refractivity contribution in [1.29, 1.82) is 0 Å². The smallest absolute Gasteiger partial charge is 0.278 e. The first-order valence-corrected chi connectivity index (χ1v) is 12.8. The van der Waals surface area contributed by atoms with E-state index in [1.165, 1.54) is 24.0 Å². The molecule has 37 heavy (non-hydrogen) atoms. The first-order valence-electron chi connectivity index (χ1n) is 11.9. The van der Waals surface area contributed by atoms with Crippen LogP contribution < -0.4 is 15.2 Å². The number of fused-ring (bicyclic) bond motifs is 4. The summed E-state index contributed by atoms with van der Waals surface area (Å²) in [4.78, 5) is 29.0. The van der Waals surface area contributed by atoms with E-state index in [1.807, 2.05) is 29.3 Å². The molecular formula is C26H23F2N3O5S. The number of ether oxygens (including phenoxy) is 2.